The predicted octanol–water partition coefficient (Wildman–Crippen LogP) is 1.87. The standard InChI is InChI=1S/C11H14BrN5/c1-16(9-3-2-4-9)7-10-14-11-13-5-8(12)6-17(11)15-10/h5-6,9H,2-4,7H2,1H3. The molecule has 0 unspecified atom stereocenters. The van der Waals surface area contributed by atoms with Crippen LogP contribution in [0.5, 0.6) is 0 Å². The predicted molar refractivity (Wildman–Crippen MR) is 67.6 cm³/mol. The lowest BCUT2D eigenvalue weighted by atomic mass is 9.92. The van der Waals surface area contributed by atoms with Gasteiger partial charge in [-0.1, -0.05) is 6.42 Å². The average molecular weight is 296 g/mol. The molecular formula is C11H14BrN5. The first-order valence-electron chi connectivity index (χ1n) is 5.79. The third-order valence-corrected chi connectivity index (χ3v) is 3.70. The van der Waals surface area contributed by atoms with E-state index in [9.17, 15) is 0 Å². The normalized spacial score (nSPS) is 16.6. The Labute approximate surface area is 108 Å². The highest BCUT2D eigenvalue weighted by Gasteiger charge is 2.22. The Morgan fingerprint density at radius 2 is 2.35 bits per heavy atom. The maximum Gasteiger partial charge on any atom is 0.252 e. The van der Waals surface area contributed by atoms with E-state index in [4.69, 9.17) is 0 Å². The van der Waals surface area contributed by atoms with Crippen LogP contribution in [0.2, 0.25) is 0 Å². The average Bonchev–Trinajstić information content (AvgIpc) is 2.55. The lowest BCUT2D eigenvalue weighted by Crippen LogP contribution is -2.36. The first kappa shape index (κ1) is 11.1. The van der Waals surface area contributed by atoms with E-state index in [0.717, 1.165) is 16.8 Å². The second kappa shape index (κ2) is 4.34. The largest absolute Gasteiger partial charge is 0.296 e. The van der Waals surface area contributed by atoms with E-state index in [1.54, 1.807) is 10.7 Å². The van der Waals surface area contributed by atoms with Gasteiger partial charge in [-0.05, 0) is 35.8 Å². The number of halogens is 1. The Kier molecular flexibility index (Phi) is 2.84. The Morgan fingerprint density at radius 3 is 3.06 bits per heavy atom. The van der Waals surface area contributed by atoms with Crippen molar-refractivity contribution in [2.24, 2.45) is 0 Å². The monoisotopic (exact) mass is 295 g/mol. The van der Waals surface area contributed by atoms with Crippen LogP contribution in [0.3, 0.4) is 0 Å². The lowest BCUT2D eigenvalue weighted by molar-refractivity contribution is 0.149. The van der Waals surface area contributed by atoms with Gasteiger partial charge in [-0.2, -0.15) is 4.98 Å². The van der Waals surface area contributed by atoms with Crippen molar-refractivity contribution in [3.8, 4) is 0 Å². The molecule has 0 spiro atoms. The molecule has 17 heavy (non-hydrogen) atoms. The summed E-state index contributed by atoms with van der Waals surface area (Å²) in [5.41, 5.74) is 0. The minimum atomic E-state index is 0.658. The minimum Gasteiger partial charge on any atom is -0.296 e. The molecule has 0 radical (unpaired) electrons. The van der Waals surface area contributed by atoms with Gasteiger partial charge in [0.25, 0.3) is 5.78 Å². The third-order valence-electron chi connectivity index (χ3n) is 3.29. The molecule has 1 saturated carbocycles. The molecule has 1 aliphatic rings. The summed E-state index contributed by atoms with van der Waals surface area (Å²) < 4.78 is 2.63. The molecule has 0 saturated heterocycles. The Balaban J connectivity index is 1.80. The lowest BCUT2D eigenvalue weighted by Gasteiger charge is -2.33. The molecule has 1 fully saturated rings. The summed E-state index contributed by atoms with van der Waals surface area (Å²) in [6.07, 6.45) is 7.56. The Morgan fingerprint density at radius 1 is 1.53 bits per heavy atom. The third kappa shape index (κ3) is 2.19. The van der Waals surface area contributed by atoms with Crippen molar-refractivity contribution in [3.05, 3.63) is 22.7 Å². The molecule has 5 nitrogen and oxygen atoms in total. The van der Waals surface area contributed by atoms with Crippen LogP contribution >= 0.6 is 15.9 Å². The van der Waals surface area contributed by atoms with Crippen LogP contribution < -0.4 is 0 Å². The zero-order valence-electron chi connectivity index (χ0n) is 9.67. The van der Waals surface area contributed by atoms with E-state index in [2.05, 4.69) is 42.9 Å². The fourth-order valence-corrected chi connectivity index (χ4v) is 2.35. The van der Waals surface area contributed by atoms with Gasteiger partial charge in [-0.3, -0.25) is 4.90 Å². The topological polar surface area (TPSA) is 46.3 Å². The molecule has 0 N–H and O–H groups in total. The molecule has 2 heterocycles. The van der Waals surface area contributed by atoms with Gasteiger partial charge >= 0.3 is 0 Å². The molecule has 3 rings (SSSR count). The summed E-state index contributed by atoms with van der Waals surface area (Å²) in [6, 6.07) is 0.710. The van der Waals surface area contributed by atoms with Gasteiger partial charge in [0, 0.05) is 18.4 Å². The van der Waals surface area contributed by atoms with Crippen molar-refractivity contribution >= 4 is 21.7 Å². The highest BCUT2D eigenvalue weighted by Crippen LogP contribution is 2.24. The maximum absolute atomic E-state index is 4.43. The molecule has 6 heteroatoms. The summed E-state index contributed by atoms with van der Waals surface area (Å²) in [5, 5.41) is 4.43. The van der Waals surface area contributed by atoms with Gasteiger partial charge in [-0.25, -0.2) is 9.50 Å². The van der Waals surface area contributed by atoms with Gasteiger partial charge in [0.1, 0.15) is 0 Å². The molecule has 0 amide bonds. The molecule has 1 aliphatic carbocycles. The second-order valence-corrected chi connectivity index (χ2v) is 5.46. The molecule has 0 aromatic carbocycles. The van der Waals surface area contributed by atoms with Crippen LogP contribution in [0.15, 0.2) is 16.9 Å². The van der Waals surface area contributed by atoms with Crippen molar-refractivity contribution < 1.29 is 0 Å². The summed E-state index contributed by atoms with van der Waals surface area (Å²) in [5.74, 6) is 1.50. The quantitative estimate of drug-likeness (QED) is 0.867. The highest BCUT2D eigenvalue weighted by molar-refractivity contribution is 9.10. The van der Waals surface area contributed by atoms with Crippen molar-refractivity contribution in [3.63, 3.8) is 0 Å². The van der Waals surface area contributed by atoms with Crippen LogP contribution in [0.4, 0.5) is 0 Å². The summed E-state index contributed by atoms with van der Waals surface area (Å²) in [4.78, 5) is 11.0. The van der Waals surface area contributed by atoms with Crippen molar-refractivity contribution in [2.75, 3.05) is 7.05 Å². The molecule has 0 bridgehead atoms. The maximum atomic E-state index is 4.43. The van der Waals surface area contributed by atoms with E-state index in [1.165, 1.54) is 19.3 Å². The number of hydrogen-bond donors (Lipinski definition) is 0. The molecule has 2 aromatic heterocycles. The fourth-order valence-electron chi connectivity index (χ4n) is 2.05. The molecule has 90 valence electrons. The number of hydrogen-bond acceptors (Lipinski definition) is 4. The zero-order chi connectivity index (χ0) is 11.8. The van der Waals surface area contributed by atoms with E-state index >= 15 is 0 Å². The smallest absolute Gasteiger partial charge is 0.252 e. The second-order valence-electron chi connectivity index (χ2n) is 4.54. The Hall–Kier alpha value is -1.01. The zero-order valence-corrected chi connectivity index (χ0v) is 11.3. The van der Waals surface area contributed by atoms with Crippen LogP contribution in [0, 0.1) is 0 Å². The van der Waals surface area contributed by atoms with E-state index in [1.807, 2.05) is 6.20 Å². The minimum absolute atomic E-state index is 0.658. The van der Waals surface area contributed by atoms with Crippen molar-refractivity contribution in [2.45, 2.75) is 31.8 Å². The van der Waals surface area contributed by atoms with Crippen molar-refractivity contribution in [1.82, 2.24) is 24.5 Å². The molecule has 0 aliphatic heterocycles. The highest BCUT2D eigenvalue weighted by atomic mass is 79.9. The van der Waals surface area contributed by atoms with Crippen LogP contribution in [0.1, 0.15) is 25.1 Å². The van der Waals surface area contributed by atoms with Crippen molar-refractivity contribution in [1.29, 1.82) is 0 Å². The number of nitrogens with zero attached hydrogens (tertiary/aromatic N) is 5. The van der Waals surface area contributed by atoms with Gasteiger partial charge in [0.15, 0.2) is 5.82 Å². The van der Waals surface area contributed by atoms with Crippen LogP contribution in [-0.4, -0.2) is 37.6 Å². The molecule has 0 atom stereocenters. The summed E-state index contributed by atoms with van der Waals surface area (Å²) >= 11 is 3.37. The summed E-state index contributed by atoms with van der Waals surface area (Å²) in [7, 11) is 2.14. The first-order chi connectivity index (χ1) is 8.22. The fraction of sp³-hybridized carbons (Fsp3) is 0.545. The van der Waals surface area contributed by atoms with Gasteiger partial charge < -0.3 is 0 Å². The number of fused-ring (bicyclic) bond motifs is 1. The molecular weight excluding hydrogens is 282 g/mol. The van der Waals surface area contributed by atoms with E-state index < -0.39 is 0 Å². The Bertz CT molecular complexity index is 534. The van der Waals surface area contributed by atoms with Crippen LogP contribution in [-0.2, 0) is 6.54 Å². The van der Waals surface area contributed by atoms with Gasteiger partial charge in [0.05, 0.1) is 11.0 Å². The SMILES string of the molecule is CN(Cc1nc2ncc(Br)cn2n1)C1CCC1. The van der Waals surface area contributed by atoms with Gasteiger partial charge in [-0.15, -0.1) is 5.10 Å². The van der Waals surface area contributed by atoms with Crippen LogP contribution in [0.25, 0.3) is 5.78 Å². The van der Waals surface area contributed by atoms with E-state index in [-0.39, 0.29) is 0 Å². The van der Waals surface area contributed by atoms with E-state index in [0.29, 0.717) is 11.8 Å². The summed E-state index contributed by atoms with van der Waals surface area (Å²) in [6.45, 7) is 0.797. The molecule has 2 aromatic rings. The first-order valence-corrected chi connectivity index (χ1v) is 6.59. The number of rotatable bonds is 3. The number of aromatic nitrogens is 4. The van der Waals surface area contributed by atoms with Gasteiger partial charge in [0.2, 0.25) is 0 Å².